The molecule has 0 aliphatic heterocycles. The van der Waals surface area contributed by atoms with Crippen molar-refractivity contribution in [3.63, 3.8) is 0 Å². The minimum Gasteiger partial charge on any atom is -0.340 e. The molecule has 130 valence electrons. The molecular weight excluding hydrogens is 351 g/mol. The molecule has 0 amide bonds. The molecule has 6 heteroatoms. The molecule has 0 saturated heterocycles. The van der Waals surface area contributed by atoms with Gasteiger partial charge in [-0.2, -0.15) is 5.26 Å². The minimum atomic E-state index is -0.459. The van der Waals surface area contributed by atoms with Crippen molar-refractivity contribution >= 4 is 34.6 Å². The highest BCUT2D eigenvalue weighted by Gasteiger charge is 2.10. The van der Waals surface area contributed by atoms with Crippen molar-refractivity contribution in [2.45, 2.75) is 13.8 Å². The van der Waals surface area contributed by atoms with Crippen LogP contribution in [0.25, 0.3) is 0 Å². The molecule has 1 heterocycles. The molecule has 0 spiro atoms. The summed E-state index contributed by atoms with van der Waals surface area (Å²) in [5.74, 6) is 0.152. The van der Waals surface area contributed by atoms with E-state index >= 15 is 0 Å². The maximum absolute atomic E-state index is 14.1. The number of nitriles is 1. The zero-order valence-corrected chi connectivity index (χ0v) is 15.0. The lowest BCUT2D eigenvalue weighted by Crippen LogP contribution is -2.03. The summed E-state index contributed by atoms with van der Waals surface area (Å²) >= 11 is 5.87. The molecule has 0 unspecified atom stereocenters. The number of nitrogens with zero attached hydrogens (tertiary/aromatic N) is 2. The summed E-state index contributed by atoms with van der Waals surface area (Å²) in [6, 6.07) is 15.6. The van der Waals surface area contributed by atoms with Gasteiger partial charge in [0, 0.05) is 16.4 Å². The molecule has 0 aliphatic rings. The molecule has 0 bridgehead atoms. The van der Waals surface area contributed by atoms with Gasteiger partial charge in [0.05, 0.1) is 11.6 Å². The summed E-state index contributed by atoms with van der Waals surface area (Å²) in [6.07, 6.45) is 0. The van der Waals surface area contributed by atoms with Gasteiger partial charge in [-0.1, -0.05) is 11.6 Å². The van der Waals surface area contributed by atoms with E-state index in [-0.39, 0.29) is 5.82 Å². The number of benzene rings is 2. The number of hydrogen-bond donors (Lipinski definition) is 2. The van der Waals surface area contributed by atoms with Crippen molar-refractivity contribution in [1.82, 2.24) is 4.98 Å². The van der Waals surface area contributed by atoms with Gasteiger partial charge in [-0.25, -0.2) is 9.37 Å². The van der Waals surface area contributed by atoms with Crippen LogP contribution in [0.2, 0.25) is 5.02 Å². The quantitative estimate of drug-likeness (QED) is 0.608. The maximum atomic E-state index is 14.1. The van der Waals surface area contributed by atoms with Gasteiger partial charge in [0.25, 0.3) is 0 Å². The predicted molar refractivity (Wildman–Crippen MR) is 103 cm³/mol. The average Bonchev–Trinajstić information content (AvgIpc) is 2.62. The number of rotatable bonds is 4. The maximum Gasteiger partial charge on any atom is 0.168 e. The van der Waals surface area contributed by atoms with E-state index in [2.05, 4.69) is 21.7 Å². The average molecular weight is 367 g/mol. The molecule has 2 aromatic carbocycles. The summed E-state index contributed by atoms with van der Waals surface area (Å²) in [6.45, 7) is 3.82. The molecule has 0 fully saturated rings. The van der Waals surface area contributed by atoms with Crippen LogP contribution in [0.3, 0.4) is 0 Å². The Morgan fingerprint density at radius 1 is 1.00 bits per heavy atom. The summed E-state index contributed by atoms with van der Waals surface area (Å²) in [5, 5.41) is 15.8. The van der Waals surface area contributed by atoms with Crippen LogP contribution < -0.4 is 10.6 Å². The molecule has 3 aromatic rings. The molecule has 4 nitrogen and oxygen atoms in total. The van der Waals surface area contributed by atoms with E-state index in [0.29, 0.717) is 22.1 Å². The van der Waals surface area contributed by atoms with Gasteiger partial charge in [0.1, 0.15) is 5.82 Å². The highest BCUT2D eigenvalue weighted by atomic mass is 35.5. The van der Waals surface area contributed by atoms with Crippen molar-refractivity contribution in [2.75, 3.05) is 10.6 Å². The van der Waals surface area contributed by atoms with Crippen LogP contribution in [0, 0.1) is 31.0 Å². The number of pyridine rings is 1. The molecular formula is C20H16ClFN4. The van der Waals surface area contributed by atoms with Crippen molar-refractivity contribution in [3.05, 3.63) is 76.1 Å². The fraction of sp³-hybridized carbons (Fsp3) is 0.100. The molecule has 0 atom stereocenters. The van der Waals surface area contributed by atoms with E-state index in [4.69, 9.17) is 16.9 Å². The lowest BCUT2D eigenvalue weighted by Gasteiger charge is -2.14. The highest BCUT2D eigenvalue weighted by Crippen LogP contribution is 2.27. The van der Waals surface area contributed by atoms with Crippen LogP contribution in [0.1, 0.15) is 16.7 Å². The van der Waals surface area contributed by atoms with Gasteiger partial charge in [0.15, 0.2) is 11.6 Å². The van der Waals surface area contributed by atoms with Gasteiger partial charge in [-0.3, -0.25) is 0 Å². The van der Waals surface area contributed by atoms with E-state index in [1.54, 1.807) is 42.5 Å². The van der Waals surface area contributed by atoms with Crippen LogP contribution in [0.15, 0.2) is 48.5 Å². The van der Waals surface area contributed by atoms with E-state index < -0.39 is 5.82 Å². The Morgan fingerprint density at radius 3 is 2.27 bits per heavy atom. The normalized spacial score (nSPS) is 10.3. The van der Waals surface area contributed by atoms with Gasteiger partial charge in [0.2, 0.25) is 0 Å². The first-order chi connectivity index (χ1) is 12.5. The first kappa shape index (κ1) is 17.7. The number of aromatic nitrogens is 1. The predicted octanol–water partition coefficient (Wildman–Crippen LogP) is 5.85. The summed E-state index contributed by atoms with van der Waals surface area (Å²) in [5.41, 5.74) is 3.96. The molecule has 3 rings (SSSR count). The fourth-order valence-electron chi connectivity index (χ4n) is 2.62. The van der Waals surface area contributed by atoms with E-state index in [1.165, 1.54) is 6.07 Å². The fourth-order valence-corrected chi connectivity index (χ4v) is 2.75. The largest absolute Gasteiger partial charge is 0.340 e. The SMILES string of the molecule is Cc1cc(C#N)cc(C)c1Nc1ccc(F)c(Nc2ccc(Cl)cc2)n1. The smallest absolute Gasteiger partial charge is 0.168 e. The van der Waals surface area contributed by atoms with Gasteiger partial charge < -0.3 is 10.6 Å². The Labute approximate surface area is 156 Å². The Hall–Kier alpha value is -3.10. The summed E-state index contributed by atoms with van der Waals surface area (Å²) < 4.78 is 14.1. The highest BCUT2D eigenvalue weighted by molar-refractivity contribution is 6.30. The molecule has 0 radical (unpaired) electrons. The van der Waals surface area contributed by atoms with E-state index in [9.17, 15) is 4.39 Å². The van der Waals surface area contributed by atoms with Gasteiger partial charge in [-0.15, -0.1) is 0 Å². The molecule has 1 aromatic heterocycles. The monoisotopic (exact) mass is 366 g/mol. The van der Waals surface area contributed by atoms with Crippen LogP contribution in [-0.4, -0.2) is 4.98 Å². The van der Waals surface area contributed by atoms with Crippen LogP contribution in [-0.2, 0) is 0 Å². The first-order valence-electron chi connectivity index (χ1n) is 7.94. The number of halogens is 2. The number of hydrogen-bond acceptors (Lipinski definition) is 4. The second-order valence-corrected chi connectivity index (χ2v) is 6.32. The van der Waals surface area contributed by atoms with E-state index in [0.717, 1.165) is 16.8 Å². The zero-order chi connectivity index (χ0) is 18.7. The van der Waals surface area contributed by atoms with Gasteiger partial charge in [-0.05, 0) is 73.5 Å². The third-order valence-electron chi connectivity index (χ3n) is 3.87. The van der Waals surface area contributed by atoms with Crippen molar-refractivity contribution in [2.24, 2.45) is 0 Å². The van der Waals surface area contributed by atoms with Crippen LogP contribution >= 0.6 is 11.6 Å². The Bertz CT molecular complexity index is 971. The van der Waals surface area contributed by atoms with Crippen LogP contribution in [0.4, 0.5) is 27.4 Å². The number of anilines is 4. The Morgan fingerprint density at radius 2 is 1.65 bits per heavy atom. The molecule has 2 N–H and O–H groups in total. The molecule has 26 heavy (non-hydrogen) atoms. The van der Waals surface area contributed by atoms with Crippen molar-refractivity contribution < 1.29 is 4.39 Å². The van der Waals surface area contributed by atoms with Crippen molar-refractivity contribution in [3.8, 4) is 6.07 Å². The second kappa shape index (κ2) is 7.42. The van der Waals surface area contributed by atoms with E-state index in [1.807, 2.05) is 13.8 Å². The number of nitrogens with one attached hydrogen (secondary N) is 2. The van der Waals surface area contributed by atoms with Crippen molar-refractivity contribution in [1.29, 1.82) is 5.26 Å². The van der Waals surface area contributed by atoms with Crippen LogP contribution in [0.5, 0.6) is 0 Å². The Balaban J connectivity index is 1.88. The second-order valence-electron chi connectivity index (χ2n) is 5.88. The standard InChI is InChI=1S/C20H16ClFN4/c1-12-9-14(11-23)10-13(2)19(12)25-18-8-7-17(22)20(26-18)24-16-5-3-15(21)4-6-16/h3-10H,1-2H3,(H2,24,25,26). The third kappa shape index (κ3) is 3.93. The first-order valence-corrected chi connectivity index (χ1v) is 8.31. The topological polar surface area (TPSA) is 60.7 Å². The zero-order valence-electron chi connectivity index (χ0n) is 14.3. The summed E-state index contributed by atoms with van der Waals surface area (Å²) in [7, 11) is 0. The van der Waals surface area contributed by atoms with Gasteiger partial charge >= 0.3 is 0 Å². The lowest BCUT2D eigenvalue weighted by atomic mass is 10.0. The molecule has 0 aliphatic carbocycles. The summed E-state index contributed by atoms with van der Waals surface area (Å²) in [4.78, 5) is 4.31. The Kier molecular flexibility index (Phi) is 5.06. The number of aryl methyl sites for hydroxylation is 2. The molecule has 0 saturated carbocycles. The minimum absolute atomic E-state index is 0.112. The third-order valence-corrected chi connectivity index (χ3v) is 4.12. The lowest BCUT2D eigenvalue weighted by molar-refractivity contribution is 0.627.